The molecule has 0 atom stereocenters. The summed E-state index contributed by atoms with van der Waals surface area (Å²) in [5, 5.41) is 3.21. The van der Waals surface area contributed by atoms with Gasteiger partial charge in [0, 0.05) is 19.1 Å². The largest absolute Gasteiger partial charge is 0.465 e. The number of hydrogen-bond acceptors (Lipinski definition) is 5. The Morgan fingerprint density at radius 2 is 1.89 bits per heavy atom. The number of sulfonamides is 1. The van der Waals surface area contributed by atoms with Crippen LogP contribution in [0.25, 0.3) is 0 Å². The quantitative estimate of drug-likeness (QED) is 0.715. The van der Waals surface area contributed by atoms with Crippen molar-refractivity contribution in [2.75, 3.05) is 26.5 Å². The first-order chi connectivity index (χ1) is 8.90. The van der Waals surface area contributed by atoms with Gasteiger partial charge in [-0.3, -0.25) is 4.79 Å². The fourth-order valence-electron chi connectivity index (χ4n) is 2.41. The number of carbonyl (C=O) groups is 1. The number of rotatable bonds is 6. The van der Waals surface area contributed by atoms with Crippen LogP contribution in [0, 0.1) is 0 Å². The number of nitrogens with one attached hydrogen (secondary N) is 1. The summed E-state index contributed by atoms with van der Waals surface area (Å²) in [6.45, 7) is 1.86. The van der Waals surface area contributed by atoms with Crippen LogP contribution in [-0.2, 0) is 19.6 Å². The highest BCUT2D eigenvalue weighted by Gasteiger charge is 2.31. The summed E-state index contributed by atoms with van der Waals surface area (Å²) in [5.74, 6) is -1.25. The molecule has 0 amide bonds. The van der Waals surface area contributed by atoms with Crippen LogP contribution in [0.2, 0.25) is 0 Å². The molecule has 0 aromatic carbocycles. The zero-order valence-corrected chi connectivity index (χ0v) is 12.7. The lowest BCUT2D eigenvalue weighted by Crippen LogP contribution is -2.44. The van der Waals surface area contributed by atoms with Crippen LogP contribution in [0.15, 0.2) is 0 Å². The Morgan fingerprint density at radius 1 is 1.32 bits per heavy atom. The molecule has 0 unspecified atom stereocenters. The lowest BCUT2D eigenvalue weighted by molar-refractivity contribution is -0.140. The van der Waals surface area contributed by atoms with Crippen molar-refractivity contribution >= 4 is 16.0 Å². The van der Waals surface area contributed by atoms with E-state index in [9.17, 15) is 13.2 Å². The van der Waals surface area contributed by atoms with Crippen LogP contribution in [0.3, 0.4) is 0 Å². The summed E-state index contributed by atoms with van der Waals surface area (Å²) in [6.07, 6.45) is 3.56. The molecule has 0 aromatic rings. The normalized spacial score (nSPS) is 24.4. The van der Waals surface area contributed by atoms with Gasteiger partial charge < -0.3 is 10.1 Å². The van der Waals surface area contributed by atoms with E-state index in [0.717, 1.165) is 25.7 Å². The molecule has 0 aliphatic heterocycles. The molecule has 19 heavy (non-hydrogen) atoms. The first-order valence-corrected chi connectivity index (χ1v) is 8.30. The van der Waals surface area contributed by atoms with E-state index in [1.807, 2.05) is 7.05 Å². The molecule has 1 aliphatic carbocycles. The van der Waals surface area contributed by atoms with Crippen LogP contribution >= 0.6 is 0 Å². The van der Waals surface area contributed by atoms with Crippen molar-refractivity contribution in [1.29, 1.82) is 0 Å². The lowest BCUT2D eigenvalue weighted by atomic mass is 9.91. The molecule has 0 bridgehead atoms. The van der Waals surface area contributed by atoms with Gasteiger partial charge in [0.15, 0.2) is 5.75 Å². The Bertz CT molecular complexity index is 389. The first-order valence-electron chi connectivity index (χ1n) is 6.69. The second kappa shape index (κ2) is 7.21. The number of esters is 1. The van der Waals surface area contributed by atoms with Gasteiger partial charge in [-0.2, -0.15) is 0 Å². The molecular formula is C12H24N2O4S. The fraction of sp³-hybridized carbons (Fsp3) is 0.917. The van der Waals surface area contributed by atoms with Crippen molar-refractivity contribution in [2.45, 2.75) is 44.7 Å². The van der Waals surface area contributed by atoms with Gasteiger partial charge in [-0.15, -0.1) is 0 Å². The minimum atomic E-state index is -3.57. The van der Waals surface area contributed by atoms with E-state index >= 15 is 0 Å². The molecule has 112 valence electrons. The average Bonchev–Trinajstić information content (AvgIpc) is 2.37. The van der Waals surface area contributed by atoms with Crippen LogP contribution in [0.5, 0.6) is 0 Å². The van der Waals surface area contributed by atoms with Gasteiger partial charge in [0.1, 0.15) is 0 Å². The highest BCUT2D eigenvalue weighted by molar-refractivity contribution is 7.89. The van der Waals surface area contributed by atoms with Crippen molar-refractivity contribution in [3.8, 4) is 0 Å². The number of carbonyl (C=O) groups excluding carboxylic acids is 1. The van der Waals surface area contributed by atoms with Crippen LogP contribution in [0.1, 0.15) is 32.6 Å². The molecule has 1 saturated carbocycles. The van der Waals surface area contributed by atoms with Gasteiger partial charge in [-0.05, 0) is 39.7 Å². The summed E-state index contributed by atoms with van der Waals surface area (Å²) < 4.78 is 30.2. The van der Waals surface area contributed by atoms with Crippen molar-refractivity contribution in [2.24, 2.45) is 0 Å². The maximum Gasteiger partial charge on any atom is 0.322 e. The van der Waals surface area contributed by atoms with Crippen molar-refractivity contribution < 1.29 is 17.9 Å². The Labute approximate surface area is 115 Å². The molecule has 0 aromatic heterocycles. The minimum Gasteiger partial charge on any atom is -0.465 e. The predicted octanol–water partition coefficient (Wildman–Crippen LogP) is 0.342. The summed E-state index contributed by atoms with van der Waals surface area (Å²) in [5.41, 5.74) is 0. The monoisotopic (exact) mass is 292 g/mol. The Balaban J connectivity index is 2.56. The van der Waals surface area contributed by atoms with Gasteiger partial charge in [0.05, 0.1) is 6.61 Å². The summed E-state index contributed by atoms with van der Waals surface area (Å²) in [4.78, 5) is 11.3. The molecule has 0 saturated heterocycles. The van der Waals surface area contributed by atoms with Crippen molar-refractivity contribution in [1.82, 2.24) is 9.62 Å². The zero-order chi connectivity index (χ0) is 14.5. The summed E-state index contributed by atoms with van der Waals surface area (Å²) >= 11 is 0. The predicted molar refractivity (Wildman–Crippen MR) is 73.3 cm³/mol. The average molecular weight is 292 g/mol. The highest BCUT2D eigenvalue weighted by Crippen LogP contribution is 2.24. The smallest absolute Gasteiger partial charge is 0.322 e. The summed E-state index contributed by atoms with van der Waals surface area (Å²) in [7, 11) is -0.0898. The topological polar surface area (TPSA) is 75.7 Å². The molecule has 1 fully saturated rings. The lowest BCUT2D eigenvalue weighted by Gasteiger charge is -2.33. The highest BCUT2D eigenvalue weighted by atomic mass is 32.2. The van der Waals surface area contributed by atoms with Crippen molar-refractivity contribution in [3.05, 3.63) is 0 Å². The van der Waals surface area contributed by atoms with E-state index < -0.39 is 21.7 Å². The van der Waals surface area contributed by atoms with Crippen LogP contribution < -0.4 is 5.32 Å². The number of hydrogen-bond donors (Lipinski definition) is 1. The SMILES string of the molecule is CCOC(=O)CS(=O)(=O)N(C)C1CCC(NC)CC1. The molecule has 1 N–H and O–H groups in total. The van der Waals surface area contributed by atoms with Crippen molar-refractivity contribution in [3.63, 3.8) is 0 Å². The van der Waals surface area contributed by atoms with Crippen LogP contribution in [0.4, 0.5) is 0 Å². The molecule has 6 nitrogen and oxygen atoms in total. The van der Waals surface area contributed by atoms with Gasteiger partial charge in [0.2, 0.25) is 10.0 Å². The summed E-state index contributed by atoms with van der Waals surface area (Å²) in [6, 6.07) is 0.460. The standard InChI is InChI=1S/C12H24N2O4S/c1-4-18-12(15)9-19(16,17)14(3)11-7-5-10(13-2)6-8-11/h10-11,13H,4-9H2,1-3H3. The second-order valence-electron chi connectivity index (χ2n) is 4.87. The Morgan fingerprint density at radius 3 is 2.37 bits per heavy atom. The molecule has 1 aliphatic rings. The number of ether oxygens (including phenoxy) is 1. The van der Waals surface area contributed by atoms with Gasteiger partial charge in [-0.1, -0.05) is 0 Å². The van der Waals surface area contributed by atoms with E-state index in [0.29, 0.717) is 6.04 Å². The molecular weight excluding hydrogens is 268 g/mol. The molecule has 0 heterocycles. The van der Waals surface area contributed by atoms with E-state index in [2.05, 4.69) is 5.32 Å². The third kappa shape index (κ3) is 4.74. The van der Waals surface area contributed by atoms with Crippen LogP contribution in [-0.4, -0.2) is 57.2 Å². The number of nitrogens with zero attached hydrogens (tertiary/aromatic N) is 1. The maximum atomic E-state index is 12.1. The minimum absolute atomic E-state index is 0.0102. The molecule has 1 rings (SSSR count). The van der Waals surface area contributed by atoms with Gasteiger partial charge in [-0.25, -0.2) is 12.7 Å². The Kier molecular flexibility index (Phi) is 6.22. The van der Waals surface area contributed by atoms with E-state index in [1.165, 1.54) is 4.31 Å². The Hall–Kier alpha value is -0.660. The molecule has 0 spiro atoms. The third-order valence-electron chi connectivity index (χ3n) is 3.66. The molecule has 0 radical (unpaired) electrons. The van der Waals surface area contributed by atoms with E-state index in [-0.39, 0.29) is 12.6 Å². The fourth-order valence-corrected chi connectivity index (χ4v) is 3.66. The second-order valence-corrected chi connectivity index (χ2v) is 6.90. The van der Waals surface area contributed by atoms with E-state index in [4.69, 9.17) is 4.74 Å². The first kappa shape index (κ1) is 16.4. The third-order valence-corrected chi connectivity index (χ3v) is 5.44. The van der Waals surface area contributed by atoms with Gasteiger partial charge in [0.25, 0.3) is 0 Å². The maximum absolute atomic E-state index is 12.1. The molecule has 7 heteroatoms. The van der Waals surface area contributed by atoms with E-state index in [1.54, 1.807) is 14.0 Å². The van der Waals surface area contributed by atoms with Gasteiger partial charge >= 0.3 is 5.97 Å². The zero-order valence-electron chi connectivity index (χ0n) is 11.9.